The van der Waals surface area contributed by atoms with E-state index in [1.807, 2.05) is 0 Å². The van der Waals surface area contributed by atoms with Crippen LogP contribution in [0.1, 0.15) is 21.5 Å². The summed E-state index contributed by atoms with van der Waals surface area (Å²) in [6, 6.07) is 9.69. The molecule has 5 heteroatoms. The summed E-state index contributed by atoms with van der Waals surface area (Å²) >= 11 is 0. The number of halogens is 1. The molecule has 2 N–H and O–H groups in total. The van der Waals surface area contributed by atoms with E-state index in [1.54, 1.807) is 38.3 Å². The zero-order chi connectivity index (χ0) is 15.4. The fraction of sp³-hybridized carbons (Fsp3) is 0.188. The maximum Gasteiger partial charge on any atom is 0.338 e. The van der Waals surface area contributed by atoms with Crippen molar-refractivity contribution < 1.29 is 18.7 Å². The standard InChI is InChI=1S/C16H16FNO3/c1-10-14(17)7-12(8-15(10)18)16(19)21-9-11-4-3-5-13(6-11)20-2/h3-8H,9,18H2,1-2H3. The van der Waals surface area contributed by atoms with Gasteiger partial charge < -0.3 is 15.2 Å². The zero-order valence-corrected chi connectivity index (χ0v) is 11.9. The van der Waals surface area contributed by atoms with Crippen molar-refractivity contribution in [2.24, 2.45) is 0 Å². The van der Waals surface area contributed by atoms with Gasteiger partial charge in [-0.15, -0.1) is 0 Å². The fourth-order valence-corrected chi connectivity index (χ4v) is 1.81. The number of benzene rings is 2. The summed E-state index contributed by atoms with van der Waals surface area (Å²) in [6.45, 7) is 1.63. The van der Waals surface area contributed by atoms with E-state index >= 15 is 0 Å². The van der Waals surface area contributed by atoms with Gasteiger partial charge in [0.15, 0.2) is 0 Å². The second kappa shape index (κ2) is 6.26. The average Bonchev–Trinajstić information content (AvgIpc) is 2.50. The van der Waals surface area contributed by atoms with Crippen LogP contribution in [0.25, 0.3) is 0 Å². The lowest BCUT2D eigenvalue weighted by atomic mass is 10.1. The maximum absolute atomic E-state index is 13.6. The molecule has 0 bridgehead atoms. The SMILES string of the molecule is COc1cccc(COC(=O)c2cc(N)c(C)c(F)c2)c1. The van der Waals surface area contributed by atoms with Crippen molar-refractivity contribution in [2.75, 3.05) is 12.8 Å². The van der Waals surface area contributed by atoms with E-state index in [2.05, 4.69) is 0 Å². The lowest BCUT2D eigenvalue weighted by Crippen LogP contribution is -2.07. The first-order chi connectivity index (χ1) is 10.0. The summed E-state index contributed by atoms with van der Waals surface area (Å²) < 4.78 is 23.8. The predicted octanol–water partition coefficient (Wildman–Crippen LogP) is 3.08. The van der Waals surface area contributed by atoms with Gasteiger partial charge in [0.2, 0.25) is 0 Å². The number of hydrogen-bond donors (Lipinski definition) is 1. The van der Waals surface area contributed by atoms with E-state index in [1.165, 1.54) is 6.07 Å². The monoisotopic (exact) mass is 289 g/mol. The Morgan fingerprint density at radius 2 is 2.05 bits per heavy atom. The van der Waals surface area contributed by atoms with Crippen LogP contribution < -0.4 is 10.5 Å². The predicted molar refractivity (Wildman–Crippen MR) is 77.7 cm³/mol. The first-order valence-corrected chi connectivity index (χ1v) is 6.37. The van der Waals surface area contributed by atoms with Gasteiger partial charge in [0.25, 0.3) is 0 Å². The van der Waals surface area contributed by atoms with Gasteiger partial charge in [-0.2, -0.15) is 0 Å². The Labute approximate surface area is 122 Å². The molecule has 4 nitrogen and oxygen atoms in total. The molecule has 0 heterocycles. The number of methoxy groups -OCH3 is 1. The van der Waals surface area contributed by atoms with Gasteiger partial charge in [0.05, 0.1) is 12.7 Å². The van der Waals surface area contributed by atoms with E-state index in [0.717, 1.165) is 11.6 Å². The fourth-order valence-electron chi connectivity index (χ4n) is 1.81. The van der Waals surface area contributed by atoms with E-state index in [-0.39, 0.29) is 17.9 Å². The Balaban J connectivity index is 2.08. The van der Waals surface area contributed by atoms with Crippen LogP contribution >= 0.6 is 0 Å². The summed E-state index contributed by atoms with van der Waals surface area (Å²) in [5, 5.41) is 0. The van der Waals surface area contributed by atoms with Crippen molar-refractivity contribution in [3.05, 3.63) is 58.9 Å². The minimum Gasteiger partial charge on any atom is -0.497 e. The summed E-state index contributed by atoms with van der Waals surface area (Å²) in [4.78, 5) is 11.9. The summed E-state index contributed by atoms with van der Waals surface area (Å²) in [7, 11) is 1.56. The third-order valence-corrected chi connectivity index (χ3v) is 3.12. The average molecular weight is 289 g/mol. The molecule has 0 radical (unpaired) electrons. The van der Waals surface area contributed by atoms with E-state index < -0.39 is 11.8 Å². The smallest absolute Gasteiger partial charge is 0.338 e. The molecule has 21 heavy (non-hydrogen) atoms. The molecule has 0 atom stereocenters. The van der Waals surface area contributed by atoms with E-state index in [4.69, 9.17) is 15.2 Å². The highest BCUT2D eigenvalue weighted by atomic mass is 19.1. The molecule has 0 aliphatic heterocycles. The van der Waals surface area contributed by atoms with Crippen LogP contribution in [0.3, 0.4) is 0 Å². The first-order valence-electron chi connectivity index (χ1n) is 6.37. The number of hydrogen-bond acceptors (Lipinski definition) is 4. The minimum absolute atomic E-state index is 0.0748. The number of rotatable bonds is 4. The second-order valence-corrected chi connectivity index (χ2v) is 4.60. The van der Waals surface area contributed by atoms with Crippen LogP contribution in [0.5, 0.6) is 5.75 Å². The molecule has 2 aromatic carbocycles. The minimum atomic E-state index is -0.622. The summed E-state index contributed by atoms with van der Waals surface area (Å²) in [6.07, 6.45) is 0. The van der Waals surface area contributed by atoms with Crippen molar-refractivity contribution in [3.8, 4) is 5.75 Å². The lowest BCUT2D eigenvalue weighted by molar-refractivity contribution is 0.0472. The van der Waals surface area contributed by atoms with E-state index in [9.17, 15) is 9.18 Å². The number of ether oxygens (including phenoxy) is 2. The number of nitrogens with two attached hydrogens (primary N) is 1. The molecule has 0 saturated heterocycles. The molecular weight excluding hydrogens is 273 g/mol. The third kappa shape index (κ3) is 3.51. The number of carbonyl (C=O) groups excluding carboxylic acids is 1. The highest BCUT2D eigenvalue weighted by Gasteiger charge is 2.12. The molecule has 0 amide bonds. The van der Waals surface area contributed by atoms with Crippen molar-refractivity contribution in [1.82, 2.24) is 0 Å². The van der Waals surface area contributed by atoms with Crippen molar-refractivity contribution in [3.63, 3.8) is 0 Å². The molecule has 2 rings (SSSR count). The Morgan fingerprint density at radius 1 is 1.29 bits per heavy atom. The Kier molecular flexibility index (Phi) is 4.42. The van der Waals surface area contributed by atoms with Gasteiger partial charge in [-0.1, -0.05) is 12.1 Å². The van der Waals surface area contributed by atoms with E-state index in [0.29, 0.717) is 11.3 Å². The molecule has 0 fully saturated rings. The number of carbonyl (C=O) groups is 1. The zero-order valence-electron chi connectivity index (χ0n) is 11.9. The Morgan fingerprint density at radius 3 is 2.71 bits per heavy atom. The van der Waals surface area contributed by atoms with Crippen LogP contribution in [0, 0.1) is 12.7 Å². The summed E-state index contributed by atoms with van der Waals surface area (Å²) in [5.74, 6) is -0.471. The topological polar surface area (TPSA) is 61.5 Å². The van der Waals surface area contributed by atoms with Gasteiger partial charge in [0.1, 0.15) is 18.2 Å². The van der Waals surface area contributed by atoms with Gasteiger partial charge in [0, 0.05) is 11.3 Å². The molecule has 0 spiro atoms. The molecule has 110 valence electrons. The molecule has 0 aliphatic carbocycles. The van der Waals surface area contributed by atoms with Crippen LogP contribution in [0.15, 0.2) is 36.4 Å². The molecule has 0 aliphatic rings. The highest BCUT2D eigenvalue weighted by molar-refractivity contribution is 5.90. The highest BCUT2D eigenvalue weighted by Crippen LogP contribution is 2.19. The van der Waals surface area contributed by atoms with Gasteiger partial charge in [-0.25, -0.2) is 9.18 Å². The van der Waals surface area contributed by atoms with Crippen molar-refractivity contribution in [1.29, 1.82) is 0 Å². The Hall–Kier alpha value is -2.56. The lowest BCUT2D eigenvalue weighted by Gasteiger charge is -2.08. The molecule has 2 aromatic rings. The maximum atomic E-state index is 13.6. The number of esters is 1. The number of anilines is 1. The van der Waals surface area contributed by atoms with Gasteiger partial charge in [-0.05, 0) is 36.8 Å². The van der Waals surface area contributed by atoms with Crippen LogP contribution in [-0.2, 0) is 11.3 Å². The number of nitrogen functional groups attached to an aromatic ring is 1. The molecule has 0 aromatic heterocycles. The molecule has 0 saturated carbocycles. The third-order valence-electron chi connectivity index (χ3n) is 3.12. The molecule has 0 unspecified atom stereocenters. The Bertz CT molecular complexity index is 647. The summed E-state index contributed by atoms with van der Waals surface area (Å²) in [5.41, 5.74) is 7.06. The quantitative estimate of drug-likeness (QED) is 0.694. The van der Waals surface area contributed by atoms with Gasteiger partial charge >= 0.3 is 5.97 Å². The largest absolute Gasteiger partial charge is 0.497 e. The normalized spacial score (nSPS) is 10.2. The van der Waals surface area contributed by atoms with Crippen LogP contribution in [-0.4, -0.2) is 13.1 Å². The first kappa shape index (κ1) is 14.8. The second-order valence-electron chi connectivity index (χ2n) is 4.60. The molecular formula is C16H16FNO3. The van der Waals surface area contributed by atoms with Crippen molar-refractivity contribution in [2.45, 2.75) is 13.5 Å². The van der Waals surface area contributed by atoms with Crippen molar-refractivity contribution >= 4 is 11.7 Å². The van der Waals surface area contributed by atoms with Crippen LogP contribution in [0.4, 0.5) is 10.1 Å². The van der Waals surface area contributed by atoms with Gasteiger partial charge in [-0.3, -0.25) is 0 Å². The van der Waals surface area contributed by atoms with Crippen LogP contribution in [0.2, 0.25) is 0 Å².